The van der Waals surface area contributed by atoms with Gasteiger partial charge in [0.25, 0.3) is 0 Å². The van der Waals surface area contributed by atoms with Crippen LogP contribution < -0.4 is 5.32 Å². The molecule has 2 atom stereocenters. The Morgan fingerprint density at radius 1 is 1.29 bits per heavy atom. The van der Waals surface area contributed by atoms with Crippen molar-refractivity contribution in [1.82, 2.24) is 5.32 Å². The van der Waals surface area contributed by atoms with Gasteiger partial charge in [-0.1, -0.05) is 38.1 Å². The molecule has 0 bridgehead atoms. The summed E-state index contributed by atoms with van der Waals surface area (Å²) in [6, 6.07) is 8.68. The molecule has 2 nitrogen and oxygen atoms in total. The minimum atomic E-state index is 0.410. The quantitative estimate of drug-likeness (QED) is 0.844. The summed E-state index contributed by atoms with van der Waals surface area (Å²) in [6.07, 6.45) is 0. The van der Waals surface area contributed by atoms with Crippen molar-refractivity contribution in [3.63, 3.8) is 0 Å². The molecule has 0 spiro atoms. The fourth-order valence-corrected chi connectivity index (χ4v) is 3.09. The molecule has 0 amide bonds. The number of hydrogen-bond acceptors (Lipinski definition) is 2. The van der Waals surface area contributed by atoms with Crippen LogP contribution in [0.15, 0.2) is 24.3 Å². The molecule has 1 aliphatic rings. The lowest BCUT2D eigenvalue weighted by Crippen LogP contribution is -2.12. The van der Waals surface area contributed by atoms with E-state index in [1.165, 1.54) is 11.1 Å². The van der Waals surface area contributed by atoms with Gasteiger partial charge in [0.2, 0.25) is 0 Å². The van der Waals surface area contributed by atoms with E-state index in [0.29, 0.717) is 11.3 Å². The predicted octanol–water partition coefficient (Wildman–Crippen LogP) is 2.79. The van der Waals surface area contributed by atoms with Crippen LogP contribution in [0, 0.1) is 11.3 Å². The Morgan fingerprint density at radius 3 is 2.65 bits per heavy atom. The van der Waals surface area contributed by atoms with Gasteiger partial charge in [-0.15, -0.1) is 0 Å². The topological polar surface area (TPSA) is 21.3 Å². The summed E-state index contributed by atoms with van der Waals surface area (Å²) in [5.74, 6) is 1.41. The molecule has 1 aromatic carbocycles. The third-order valence-corrected chi connectivity index (χ3v) is 4.16. The van der Waals surface area contributed by atoms with E-state index in [0.717, 1.165) is 19.1 Å². The van der Waals surface area contributed by atoms with Crippen molar-refractivity contribution >= 4 is 0 Å². The molecule has 1 aromatic rings. The van der Waals surface area contributed by atoms with Gasteiger partial charge in [0, 0.05) is 7.11 Å². The summed E-state index contributed by atoms with van der Waals surface area (Å²) >= 11 is 0. The Morgan fingerprint density at radius 2 is 2.00 bits per heavy atom. The van der Waals surface area contributed by atoms with E-state index in [9.17, 15) is 0 Å². The Bertz CT molecular complexity index is 386. The zero-order valence-electron chi connectivity index (χ0n) is 11.3. The lowest BCUT2D eigenvalue weighted by atomic mass is 9.98. The molecule has 0 radical (unpaired) electrons. The van der Waals surface area contributed by atoms with E-state index in [-0.39, 0.29) is 0 Å². The van der Waals surface area contributed by atoms with Gasteiger partial charge in [-0.05, 0) is 42.0 Å². The monoisotopic (exact) mass is 233 g/mol. The first-order chi connectivity index (χ1) is 8.12. The summed E-state index contributed by atoms with van der Waals surface area (Å²) in [5, 5.41) is 3.31. The molecule has 0 aliphatic heterocycles. The minimum absolute atomic E-state index is 0.410. The molecule has 1 fully saturated rings. The molecule has 0 heterocycles. The van der Waals surface area contributed by atoms with Gasteiger partial charge in [0.1, 0.15) is 0 Å². The number of hydrogen-bond donors (Lipinski definition) is 1. The van der Waals surface area contributed by atoms with Crippen molar-refractivity contribution in [2.75, 3.05) is 20.7 Å². The second-order valence-electron chi connectivity index (χ2n) is 5.60. The van der Waals surface area contributed by atoms with Crippen molar-refractivity contribution in [2.45, 2.75) is 26.4 Å². The van der Waals surface area contributed by atoms with E-state index < -0.39 is 0 Å². The lowest BCUT2D eigenvalue weighted by molar-refractivity contribution is 0.184. The Labute approximate surface area is 104 Å². The highest BCUT2D eigenvalue weighted by molar-refractivity contribution is 5.38. The van der Waals surface area contributed by atoms with Gasteiger partial charge in [-0.3, -0.25) is 0 Å². The molecule has 94 valence electrons. The van der Waals surface area contributed by atoms with Crippen molar-refractivity contribution in [3.05, 3.63) is 35.4 Å². The van der Waals surface area contributed by atoms with Gasteiger partial charge in [0.05, 0.1) is 6.61 Å². The van der Waals surface area contributed by atoms with Crippen LogP contribution in [0.4, 0.5) is 0 Å². The van der Waals surface area contributed by atoms with Gasteiger partial charge < -0.3 is 10.1 Å². The maximum Gasteiger partial charge on any atom is 0.0715 e. The molecule has 2 unspecified atom stereocenters. The molecule has 1 saturated carbocycles. The van der Waals surface area contributed by atoms with Crippen LogP contribution in [-0.2, 0) is 11.3 Å². The number of benzene rings is 1. The second kappa shape index (κ2) is 4.79. The fraction of sp³-hybridized carbons (Fsp3) is 0.600. The SMILES string of the molecule is CNCC1C(c2ccccc2COC)C1(C)C. The standard InChI is InChI=1S/C15H23NO/c1-15(2)13(9-16-3)14(15)12-8-6-5-7-11(12)10-17-4/h5-8,13-14,16H,9-10H2,1-4H3. The number of ether oxygens (including phenoxy) is 1. The maximum absolute atomic E-state index is 5.29. The van der Waals surface area contributed by atoms with Crippen LogP contribution in [0.5, 0.6) is 0 Å². The number of nitrogens with one attached hydrogen (secondary N) is 1. The maximum atomic E-state index is 5.29. The van der Waals surface area contributed by atoms with Gasteiger partial charge in [-0.25, -0.2) is 0 Å². The molecule has 1 N–H and O–H groups in total. The Hall–Kier alpha value is -0.860. The van der Waals surface area contributed by atoms with Crippen LogP contribution in [0.3, 0.4) is 0 Å². The fourth-order valence-electron chi connectivity index (χ4n) is 3.09. The number of methoxy groups -OCH3 is 1. The Balaban J connectivity index is 2.23. The number of rotatable bonds is 5. The molecular formula is C15H23NO. The van der Waals surface area contributed by atoms with Crippen LogP contribution in [-0.4, -0.2) is 20.7 Å². The van der Waals surface area contributed by atoms with Crippen LogP contribution in [0.25, 0.3) is 0 Å². The Kier molecular flexibility index (Phi) is 3.55. The smallest absolute Gasteiger partial charge is 0.0715 e. The highest BCUT2D eigenvalue weighted by Crippen LogP contribution is 2.64. The summed E-state index contributed by atoms with van der Waals surface area (Å²) in [4.78, 5) is 0. The van der Waals surface area contributed by atoms with Crippen LogP contribution >= 0.6 is 0 Å². The van der Waals surface area contributed by atoms with Crippen molar-refractivity contribution < 1.29 is 4.74 Å². The van der Waals surface area contributed by atoms with E-state index in [1.54, 1.807) is 7.11 Å². The first-order valence-electron chi connectivity index (χ1n) is 6.34. The summed E-state index contributed by atoms with van der Waals surface area (Å²) in [5.41, 5.74) is 3.22. The summed E-state index contributed by atoms with van der Waals surface area (Å²) in [7, 11) is 3.80. The van der Waals surface area contributed by atoms with Crippen molar-refractivity contribution in [3.8, 4) is 0 Å². The average Bonchev–Trinajstić information content (AvgIpc) is 2.83. The minimum Gasteiger partial charge on any atom is -0.380 e. The van der Waals surface area contributed by atoms with E-state index in [1.807, 2.05) is 7.05 Å². The normalized spacial score (nSPS) is 25.9. The van der Waals surface area contributed by atoms with E-state index in [4.69, 9.17) is 4.74 Å². The lowest BCUT2D eigenvalue weighted by Gasteiger charge is -2.09. The molecular weight excluding hydrogens is 210 g/mol. The van der Waals surface area contributed by atoms with Gasteiger partial charge in [0.15, 0.2) is 0 Å². The molecule has 17 heavy (non-hydrogen) atoms. The van der Waals surface area contributed by atoms with E-state index >= 15 is 0 Å². The molecule has 2 heteroatoms. The third-order valence-electron chi connectivity index (χ3n) is 4.16. The largest absolute Gasteiger partial charge is 0.380 e. The molecule has 2 rings (SSSR count). The molecule has 1 aliphatic carbocycles. The van der Waals surface area contributed by atoms with Crippen molar-refractivity contribution in [2.24, 2.45) is 11.3 Å². The summed E-state index contributed by atoms with van der Waals surface area (Å²) in [6.45, 7) is 6.54. The van der Waals surface area contributed by atoms with E-state index in [2.05, 4.69) is 43.4 Å². The zero-order valence-corrected chi connectivity index (χ0v) is 11.3. The van der Waals surface area contributed by atoms with Crippen molar-refractivity contribution in [1.29, 1.82) is 0 Å². The van der Waals surface area contributed by atoms with Gasteiger partial charge in [-0.2, -0.15) is 0 Å². The average molecular weight is 233 g/mol. The first-order valence-corrected chi connectivity index (χ1v) is 6.34. The molecule has 0 aromatic heterocycles. The van der Waals surface area contributed by atoms with Crippen LogP contribution in [0.1, 0.15) is 30.9 Å². The third kappa shape index (κ3) is 2.24. The first kappa shape index (κ1) is 12.6. The van der Waals surface area contributed by atoms with Crippen LogP contribution in [0.2, 0.25) is 0 Å². The highest BCUT2D eigenvalue weighted by Gasteiger charge is 2.57. The predicted molar refractivity (Wildman–Crippen MR) is 71.1 cm³/mol. The summed E-state index contributed by atoms with van der Waals surface area (Å²) < 4.78 is 5.29. The zero-order chi connectivity index (χ0) is 12.5. The van der Waals surface area contributed by atoms with Gasteiger partial charge >= 0.3 is 0 Å². The highest BCUT2D eigenvalue weighted by atomic mass is 16.5. The second-order valence-corrected chi connectivity index (χ2v) is 5.60. The molecule has 0 saturated heterocycles.